The van der Waals surface area contributed by atoms with E-state index in [1.165, 1.54) is 25.3 Å². The molecule has 0 bridgehead atoms. The van der Waals surface area contributed by atoms with Crippen molar-refractivity contribution in [3.63, 3.8) is 0 Å². The Balaban J connectivity index is 2.29. The standard InChI is InChI=1S/C12H11NO5S2/c1-18-12(15)8-4-5-9(10(14)7-8)13-20(16,17)11-3-2-6-19-11/h2-7,13-14H,1H3. The van der Waals surface area contributed by atoms with Gasteiger partial charge in [-0.25, -0.2) is 13.2 Å². The zero-order chi connectivity index (χ0) is 14.8. The summed E-state index contributed by atoms with van der Waals surface area (Å²) in [7, 11) is -2.52. The minimum Gasteiger partial charge on any atom is -0.506 e. The number of aromatic hydroxyl groups is 1. The van der Waals surface area contributed by atoms with Crippen molar-refractivity contribution in [3.8, 4) is 5.75 Å². The second-order valence-corrected chi connectivity index (χ2v) is 6.62. The molecule has 0 aliphatic heterocycles. The Kier molecular flexibility index (Phi) is 3.96. The largest absolute Gasteiger partial charge is 0.506 e. The molecule has 8 heteroatoms. The number of sulfonamides is 1. The highest BCUT2D eigenvalue weighted by Crippen LogP contribution is 2.28. The first kappa shape index (κ1) is 14.4. The number of thiophene rings is 1. The Bertz CT molecular complexity index is 722. The van der Waals surface area contributed by atoms with E-state index in [4.69, 9.17) is 0 Å². The van der Waals surface area contributed by atoms with Gasteiger partial charge in [-0.1, -0.05) is 6.07 Å². The molecule has 0 saturated carbocycles. The molecule has 1 heterocycles. The van der Waals surface area contributed by atoms with Crippen molar-refractivity contribution >= 4 is 33.0 Å². The summed E-state index contributed by atoms with van der Waals surface area (Å²) in [5, 5.41) is 11.4. The molecule has 0 amide bonds. The molecule has 2 aromatic rings. The molecule has 1 aromatic carbocycles. The second kappa shape index (κ2) is 5.51. The molecule has 2 rings (SSSR count). The number of carbonyl (C=O) groups is 1. The number of rotatable bonds is 4. The quantitative estimate of drug-likeness (QED) is 0.665. The Morgan fingerprint density at radius 3 is 2.65 bits per heavy atom. The Morgan fingerprint density at radius 1 is 1.35 bits per heavy atom. The smallest absolute Gasteiger partial charge is 0.337 e. The topological polar surface area (TPSA) is 92.7 Å². The number of nitrogens with one attached hydrogen (secondary N) is 1. The van der Waals surface area contributed by atoms with Crippen molar-refractivity contribution < 1.29 is 23.1 Å². The van der Waals surface area contributed by atoms with Gasteiger partial charge in [-0.2, -0.15) is 0 Å². The Labute approximate surface area is 119 Å². The number of anilines is 1. The second-order valence-electron chi connectivity index (χ2n) is 3.76. The number of phenols is 1. The van der Waals surface area contributed by atoms with Gasteiger partial charge in [-0.3, -0.25) is 4.72 Å². The number of ether oxygens (including phenoxy) is 1. The summed E-state index contributed by atoms with van der Waals surface area (Å²) in [6.45, 7) is 0. The number of hydrogen-bond donors (Lipinski definition) is 2. The molecule has 6 nitrogen and oxygen atoms in total. The van der Waals surface area contributed by atoms with Crippen LogP contribution in [0.5, 0.6) is 5.75 Å². The molecule has 106 valence electrons. The van der Waals surface area contributed by atoms with Crippen molar-refractivity contribution in [2.24, 2.45) is 0 Å². The van der Waals surface area contributed by atoms with E-state index in [0.717, 1.165) is 17.4 Å². The van der Waals surface area contributed by atoms with E-state index in [-0.39, 0.29) is 21.2 Å². The first-order chi connectivity index (χ1) is 9.44. The summed E-state index contributed by atoms with van der Waals surface area (Å²) >= 11 is 1.06. The maximum Gasteiger partial charge on any atom is 0.337 e. The summed E-state index contributed by atoms with van der Waals surface area (Å²) in [6.07, 6.45) is 0. The number of esters is 1. The van der Waals surface area contributed by atoms with E-state index in [0.29, 0.717) is 0 Å². The zero-order valence-electron chi connectivity index (χ0n) is 10.4. The van der Waals surface area contributed by atoms with Crippen LogP contribution in [0.1, 0.15) is 10.4 Å². The highest BCUT2D eigenvalue weighted by molar-refractivity contribution is 7.94. The number of carbonyl (C=O) groups excluding carboxylic acids is 1. The molecule has 20 heavy (non-hydrogen) atoms. The normalized spacial score (nSPS) is 11.1. The van der Waals surface area contributed by atoms with Crippen LogP contribution < -0.4 is 4.72 Å². The minimum absolute atomic E-state index is 0.00828. The Morgan fingerprint density at radius 2 is 2.10 bits per heavy atom. The predicted molar refractivity (Wildman–Crippen MR) is 74.6 cm³/mol. The van der Waals surface area contributed by atoms with E-state index in [1.807, 2.05) is 0 Å². The molecule has 2 N–H and O–H groups in total. The molecular weight excluding hydrogens is 302 g/mol. The fourth-order valence-corrected chi connectivity index (χ4v) is 3.54. The molecule has 0 unspecified atom stereocenters. The van der Waals surface area contributed by atoms with Gasteiger partial charge in [-0.15, -0.1) is 11.3 Å². The zero-order valence-corrected chi connectivity index (χ0v) is 12.0. The summed E-state index contributed by atoms with van der Waals surface area (Å²) in [4.78, 5) is 11.3. The number of methoxy groups -OCH3 is 1. The van der Waals surface area contributed by atoms with Gasteiger partial charge in [0, 0.05) is 0 Å². The van der Waals surface area contributed by atoms with E-state index in [1.54, 1.807) is 11.4 Å². The SMILES string of the molecule is COC(=O)c1ccc(NS(=O)(=O)c2cccs2)c(O)c1. The lowest BCUT2D eigenvalue weighted by atomic mass is 10.2. The van der Waals surface area contributed by atoms with Crippen LogP contribution in [0, 0.1) is 0 Å². The van der Waals surface area contributed by atoms with Crippen LogP contribution >= 0.6 is 11.3 Å². The maximum absolute atomic E-state index is 12.0. The lowest BCUT2D eigenvalue weighted by Crippen LogP contribution is -2.12. The van der Waals surface area contributed by atoms with Crippen molar-refractivity contribution in [1.82, 2.24) is 0 Å². The van der Waals surface area contributed by atoms with E-state index >= 15 is 0 Å². The molecule has 0 spiro atoms. The average Bonchev–Trinajstić information content (AvgIpc) is 2.95. The maximum atomic E-state index is 12.0. The van der Waals surface area contributed by atoms with Gasteiger partial charge in [0.1, 0.15) is 9.96 Å². The lowest BCUT2D eigenvalue weighted by Gasteiger charge is -2.09. The van der Waals surface area contributed by atoms with Crippen molar-refractivity contribution in [1.29, 1.82) is 0 Å². The average molecular weight is 313 g/mol. The van der Waals surface area contributed by atoms with Crippen LogP contribution in [-0.4, -0.2) is 26.6 Å². The first-order valence-corrected chi connectivity index (χ1v) is 7.78. The van der Waals surface area contributed by atoms with Gasteiger partial charge in [0.05, 0.1) is 18.4 Å². The monoisotopic (exact) mass is 313 g/mol. The van der Waals surface area contributed by atoms with Crippen LogP contribution in [-0.2, 0) is 14.8 Å². The molecule has 0 saturated heterocycles. The number of hydrogen-bond acceptors (Lipinski definition) is 6. The fraction of sp³-hybridized carbons (Fsp3) is 0.0833. The molecular formula is C12H11NO5S2. The van der Waals surface area contributed by atoms with E-state index < -0.39 is 16.0 Å². The van der Waals surface area contributed by atoms with Crippen LogP contribution in [0.15, 0.2) is 39.9 Å². The van der Waals surface area contributed by atoms with Crippen molar-refractivity contribution in [2.75, 3.05) is 11.8 Å². The molecule has 1 aromatic heterocycles. The molecule has 0 fully saturated rings. The first-order valence-electron chi connectivity index (χ1n) is 5.41. The number of benzene rings is 1. The van der Waals surface area contributed by atoms with Gasteiger partial charge in [0.2, 0.25) is 0 Å². The van der Waals surface area contributed by atoms with Crippen LogP contribution in [0.2, 0.25) is 0 Å². The third kappa shape index (κ3) is 2.91. The summed E-state index contributed by atoms with van der Waals surface area (Å²) < 4.78 is 30.9. The van der Waals surface area contributed by atoms with Gasteiger partial charge in [-0.05, 0) is 29.6 Å². The molecule has 0 aliphatic carbocycles. The van der Waals surface area contributed by atoms with Crippen molar-refractivity contribution in [2.45, 2.75) is 4.21 Å². The van der Waals surface area contributed by atoms with Crippen LogP contribution in [0.4, 0.5) is 5.69 Å². The minimum atomic E-state index is -3.74. The highest BCUT2D eigenvalue weighted by Gasteiger charge is 2.18. The predicted octanol–water partition coefficient (Wildman–Crippen LogP) is 2.04. The van der Waals surface area contributed by atoms with Gasteiger partial charge >= 0.3 is 5.97 Å². The van der Waals surface area contributed by atoms with E-state index in [2.05, 4.69) is 9.46 Å². The highest BCUT2D eigenvalue weighted by atomic mass is 32.2. The van der Waals surface area contributed by atoms with Crippen molar-refractivity contribution in [3.05, 3.63) is 41.3 Å². The molecule has 0 aliphatic rings. The molecule has 0 atom stereocenters. The lowest BCUT2D eigenvalue weighted by molar-refractivity contribution is 0.0600. The van der Waals surface area contributed by atoms with Crippen LogP contribution in [0.25, 0.3) is 0 Å². The van der Waals surface area contributed by atoms with Gasteiger partial charge < -0.3 is 9.84 Å². The van der Waals surface area contributed by atoms with E-state index in [9.17, 15) is 18.3 Å². The summed E-state index contributed by atoms with van der Waals surface area (Å²) in [6, 6.07) is 6.86. The van der Waals surface area contributed by atoms with Crippen LogP contribution in [0.3, 0.4) is 0 Å². The molecule has 0 radical (unpaired) electrons. The summed E-state index contributed by atoms with van der Waals surface area (Å²) in [5.41, 5.74) is 0.120. The third-order valence-corrected chi connectivity index (χ3v) is 5.19. The third-order valence-electron chi connectivity index (χ3n) is 2.42. The Hall–Kier alpha value is -2.06. The number of phenolic OH excluding ortho intramolecular Hbond substituents is 1. The fourth-order valence-electron chi connectivity index (χ4n) is 1.47. The van der Waals surface area contributed by atoms with Gasteiger partial charge in [0.25, 0.3) is 10.0 Å². The van der Waals surface area contributed by atoms with Gasteiger partial charge in [0.15, 0.2) is 0 Å². The summed E-state index contributed by atoms with van der Waals surface area (Å²) in [5.74, 6) is -0.971.